The molecular formula is C8H11N3O2. The Morgan fingerprint density at radius 1 is 1.54 bits per heavy atom. The highest BCUT2D eigenvalue weighted by molar-refractivity contribution is 5.72. The molecule has 0 radical (unpaired) electrons. The molecule has 0 aliphatic rings. The second kappa shape index (κ2) is 5.08. The van der Waals surface area contributed by atoms with Crippen LogP contribution in [0.2, 0.25) is 0 Å². The first-order chi connectivity index (χ1) is 6.29. The van der Waals surface area contributed by atoms with Gasteiger partial charge in [-0.1, -0.05) is 0 Å². The first kappa shape index (κ1) is 9.44. The van der Waals surface area contributed by atoms with Crippen LogP contribution in [0.5, 0.6) is 6.01 Å². The van der Waals surface area contributed by atoms with Gasteiger partial charge in [0.2, 0.25) is 5.91 Å². The lowest BCUT2D eigenvalue weighted by atomic mass is 10.6. The Balaban J connectivity index is 2.17. The average molecular weight is 181 g/mol. The number of nitrogens with one attached hydrogen (secondary N) is 1. The lowest BCUT2D eigenvalue weighted by molar-refractivity contribution is -0.119. The first-order valence-corrected chi connectivity index (χ1v) is 3.93. The van der Waals surface area contributed by atoms with Gasteiger partial charge in [0.15, 0.2) is 0 Å². The van der Waals surface area contributed by atoms with Crippen molar-refractivity contribution >= 4 is 5.91 Å². The summed E-state index contributed by atoms with van der Waals surface area (Å²) in [6.07, 6.45) is 3.20. The summed E-state index contributed by atoms with van der Waals surface area (Å²) in [4.78, 5) is 18.2. The van der Waals surface area contributed by atoms with Crippen LogP contribution < -0.4 is 10.1 Å². The van der Waals surface area contributed by atoms with Gasteiger partial charge >= 0.3 is 6.01 Å². The second-order valence-corrected chi connectivity index (χ2v) is 2.36. The van der Waals surface area contributed by atoms with Crippen LogP contribution in [0, 0.1) is 0 Å². The van der Waals surface area contributed by atoms with E-state index >= 15 is 0 Å². The predicted molar refractivity (Wildman–Crippen MR) is 46.2 cm³/mol. The molecule has 0 saturated heterocycles. The number of hydrogen-bond acceptors (Lipinski definition) is 4. The number of rotatable bonds is 4. The Kier molecular flexibility index (Phi) is 3.69. The fourth-order valence-electron chi connectivity index (χ4n) is 0.729. The van der Waals surface area contributed by atoms with Crippen molar-refractivity contribution in [1.82, 2.24) is 15.3 Å². The number of amides is 1. The zero-order valence-electron chi connectivity index (χ0n) is 7.36. The molecule has 0 fully saturated rings. The Bertz CT molecular complexity index is 263. The summed E-state index contributed by atoms with van der Waals surface area (Å²) in [6, 6.07) is 2.04. The molecule has 1 aromatic rings. The highest BCUT2D eigenvalue weighted by Gasteiger charge is 1.94. The molecule has 1 aromatic heterocycles. The van der Waals surface area contributed by atoms with Gasteiger partial charge in [-0.15, -0.1) is 0 Å². The van der Waals surface area contributed by atoms with E-state index < -0.39 is 0 Å². The number of aromatic nitrogens is 2. The van der Waals surface area contributed by atoms with E-state index in [1.165, 1.54) is 6.92 Å². The van der Waals surface area contributed by atoms with E-state index in [1.807, 2.05) is 0 Å². The molecule has 0 aromatic carbocycles. The maximum Gasteiger partial charge on any atom is 0.316 e. The van der Waals surface area contributed by atoms with Gasteiger partial charge in [0.25, 0.3) is 0 Å². The summed E-state index contributed by atoms with van der Waals surface area (Å²) < 4.78 is 5.12. The van der Waals surface area contributed by atoms with Crippen LogP contribution in [-0.4, -0.2) is 29.0 Å². The maximum atomic E-state index is 10.5. The standard InChI is InChI=1S/C8H11N3O2/c1-7(12)9-5-6-13-8-10-3-2-4-11-8/h2-4H,5-6H2,1H3,(H,9,12). The van der Waals surface area contributed by atoms with Crippen molar-refractivity contribution in [1.29, 1.82) is 0 Å². The van der Waals surface area contributed by atoms with Crippen molar-refractivity contribution in [2.24, 2.45) is 0 Å². The zero-order chi connectivity index (χ0) is 9.52. The van der Waals surface area contributed by atoms with Crippen molar-refractivity contribution < 1.29 is 9.53 Å². The Morgan fingerprint density at radius 3 is 2.85 bits per heavy atom. The van der Waals surface area contributed by atoms with Gasteiger partial charge in [-0.05, 0) is 6.07 Å². The molecule has 13 heavy (non-hydrogen) atoms. The van der Waals surface area contributed by atoms with Crippen LogP contribution in [0.1, 0.15) is 6.92 Å². The minimum absolute atomic E-state index is 0.0717. The molecule has 0 bridgehead atoms. The number of carbonyl (C=O) groups is 1. The van der Waals surface area contributed by atoms with E-state index in [4.69, 9.17) is 4.74 Å². The second-order valence-electron chi connectivity index (χ2n) is 2.36. The largest absolute Gasteiger partial charge is 0.462 e. The van der Waals surface area contributed by atoms with Crippen LogP contribution >= 0.6 is 0 Å². The van der Waals surface area contributed by atoms with Crippen molar-refractivity contribution in [2.75, 3.05) is 13.2 Å². The van der Waals surface area contributed by atoms with Crippen LogP contribution in [0.15, 0.2) is 18.5 Å². The monoisotopic (exact) mass is 181 g/mol. The molecule has 0 spiro atoms. The van der Waals surface area contributed by atoms with E-state index in [0.717, 1.165) is 0 Å². The molecule has 5 heteroatoms. The Hall–Kier alpha value is -1.65. The molecule has 70 valence electrons. The van der Waals surface area contributed by atoms with Crippen LogP contribution in [0.4, 0.5) is 0 Å². The van der Waals surface area contributed by atoms with Gasteiger partial charge in [-0.2, -0.15) is 0 Å². The molecule has 1 N–H and O–H groups in total. The van der Waals surface area contributed by atoms with E-state index in [0.29, 0.717) is 19.2 Å². The van der Waals surface area contributed by atoms with Crippen LogP contribution in [-0.2, 0) is 4.79 Å². The van der Waals surface area contributed by atoms with Gasteiger partial charge in [-0.25, -0.2) is 9.97 Å². The molecule has 0 aliphatic heterocycles. The van der Waals surface area contributed by atoms with Crippen molar-refractivity contribution in [3.8, 4) is 6.01 Å². The normalized spacial score (nSPS) is 9.31. The van der Waals surface area contributed by atoms with E-state index in [9.17, 15) is 4.79 Å². The molecule has 5 nitrogen and oxygen atoms in total. The topological polar surface area (TPSA) is 64.1 Å². The van der Waals surface area contributed by atoms with Gasteiger partial charge in [-0.3, -0.25) is 4.79 Å². The molecule has 1 heterocycles. The quantitative estimate of drug-likeness (QED) is 0.663. The molecular weight excluding hydrogens is 170 g/mol. The van der Waals surface area contributed by atoms with E-state index in [1.54, 1.807) is 18.5 Å². The zero-order valence-corrected chi connectivity index (χ0v) is 7.36. The van der Waals surface area contributed by atoms with Gasteiger partial charge in [0, 0.05) is 19.3 Å². The third-order valence-electron chi connectivity index (χ3n) is 1.25. The predicted octanol–water partition coefficient (Wildman–Crippen LogP) is -0.00850. The summed E-state index contributed by atoms with van der Waals surface area (Å²) >= 11 is 0. The molecule has 1 amide bonds. The van der Waals surface area contributed by atoms with Crippen molar-refractivity contribution in [3.05, 3.63) is 18.5 Å². The molecule has 0 aliphatic carbocycles. The average Bonchev–Trinajstić information content (AvgIpc) is 2.14. The van der Waals surface area contributed by atoms with E-state index in [2.05, 4.69) is 15.3 Å². The fourth-order valence-corrected chi connectivity index (χ4v) is 0.729. The molecule has 0 unspecified atom stereocenters. The minimum Gasteiger partial charge on any atom is -0.462 e. The SMILES string of the molecule is CC(=O)NCCOc1ncccn1. The third kappa shape index (κ3) is 4.05. The molecule has 0 atom stereocenters. The fraction of sp³-hybridized carbons (Fsp3) is 0.375. The highest BCUT2D eigenvalue weighted by atomic mass is 16.5. The lowest BCUT2D eigenvalue weighted by Crippen LogP contribution is -2.25. The van der Waals surface area contributed by atoms with Gasteiger partial charge in [0.05, 0.1) is 6.54 Å². The van der Waals surface area contributed by atoms with Crippen molar-refractivity contribution in [2.45, 2.75) is 6.92 Å². The maximum absolute atomic E-state index is 10.5. The van der Waals surface area contributed by atoms with E-state index in [-0.39, 0.29) is 5.91 Å². The van der Waals surface area contributed by atoms with Crippen LogP contribution in [0.25, 0.3) is 0 Å². The lowest BCUT2D eigenvalue weighted by Gasteiger charge is -2.03. The summed E-state index contributed by atoms with van der Waals surface area (Å²) in [5.41, 5.74) is 0. The Morgan fingerprint density at radius 2 is 2.23 bits per heavy atom. The smallest absolute Gasteiger partial charge is 0.316 e. The number of ether oxygens (including phenoxy) is 1. The minimum atomic E-state index is -0.0717. The number of nitrogens with zero attached hydrogens (tertiary/aromatic N) is 2. The summed E-state index contributed by atoms with van der Waals surface area (Å²) in [7, 11) is 0. The number of carbonyl (C=O) groups excluding carboxylic acids is 1. The number of hydrogen-bond donors (Lipinski definition) is 1. The Labute approximate surface area is 76.2 Å². The van der Waals surface area contributed by atoms with Gasteiger partial charge < -0.3 is 10.1 Å². The van der Waals surface area contributed by atoms with Crippen LogP contribution in [0.3, 0.4) is 0 Å². The van der Waals surface area contributed by atoms with Crippen molar-refractivity contribution in [3.63, 3.8) is 0 Å². The first-order valence-electron chi connectivity index (χ1n) is 3.93. The summed E-state index contributed by atoms with van der Waals surface area (Å²) in [5, 5.41) is 2.60. The highest BCUT2D eigenvalue weighted by Crippen LogP contribution is 1.95. The molecule has 1 rings (SSSR count). The van der Waals surface area contributed by atoms with Gasteiger partial charge in [0.1, 0.15) is 6.61 Å². The summed E-state index contributed by atoms with van der Waals surface area (Å²) in [5.74, 6) is -0.0717. The third-order valence-corrected chi connectivity index (χ3v) is 1.25. The molecule has 0 saturated carbocycles. The summed E-state index contributed by atoms with van der Waals surface area (Å²) in [6.45, 7) is 2.30.